The van der Waals surface area contributed by atoms with Crippen LogP contribution in [0.15, 0.2) is 46.6 Å². The Labute approximate surface area is 243 Å². The predicted molar refractivity (Wildman–Crippen MR) is 153 cm³/mol. The number of likely N-dealkylation sites (N-methyl/N-ethyl adjacent to an activating group) is 1. The molecule has 2 aromatic carbocycles. The van der Waals surface area contributed by atoms with Gasteiger partial charge < -0.3 is 14.7 Å². The molecule has 0 spiro atoms. The summed E-state index contributed by atoms with van der Waals surface area (Å²) in [5.74, 6) is -2.01. The molecule has 1 fully saturated rings. The maximum absolute atomic E-state index is 15.1. The van der Waals surface area contributed by atoms with Gasteiger partial charge in [-0.1, -0.05) is 6.58 Å². The molecule has 3 unspecified atom stereocenters. The van der Waals surface area contributed by atoms with Crippen molar-refractivity contribution in [1.29, 1.82) is 0 Å². The smallest absolute Gasteiger partial charge is 0.352 e. The second-order valence-corrected chi connectivity index (χ2v) is 12.0. The summed E-state index contributed by atoms with van der Waals surface area (Å²) in [5, 5.41) is 0.0991. The van der Waals surface area contributed by atoms with Gasteiger partial charge in [0.05, 0.1) is 17.1 Å². The molecule has 5 rings (SSSR count). The fraction of sp³-hybridized carbons (Fsp3) is 0.414. The van der Waals surface area contributed by atoms with Crippen molar-refractivity contribution in [3.63, 3.8) is 0 Å². The van der Waals surface area contributed by atoms with Crippen LogP contribution in [0.25, 0.3) is 22.0 Å². The van der Waals surface area contributed by atoms with Gasteiger partial charge in [-0.2, -0.15) is 18.2 Å². The molecule has 3 aromatic rings. The quantitative estimate of drug-likeness (QED) is 0.294. The molecule has 1 amide bonds. The average molecular weight is 608 g/mol. The Morgan fingerprint density at radius 2 is 1.83 bits per heavy atom. The third kappa shape index (κ3) is 5.17. The van der Waals surface area contributed by atoms with Crippen LogP contribution in [0.2, 0.25) is 0 Å². The molecule has 3 heterocycles. The average Bonchev–Trinajstić information content (AvgIpc) is 2.89. The van der Waals surface area contributed by atoms with E-state index in [1.54, 1.807) is 9.80 Å². The van der Waals surface area contributed by atoms with E-state index >= 15 is 4.39 Å². The van der Waals surface area contributed by atoms with Crippen LogP contribution in [-0.2, 0) is 11.0 Å². The first-order chi connectivity index (χ1) is 19.7. The highest BCUT2D eigenvalue weighted by atomic mass is 32.2. The number of hydrogen-bond donors (Lipinski definition) is 0. The number of amides is 1. The number of hydrogen-bond acceptors (Lipinski definition) is 6. The summed E-state index contributed by atoms with van der Waals surface area (Å²) in [7, 11) is 3.65. The Kier molecular flexibility index (Phi) is 7.86. The lowest BCUT2D eigenvalue weighted by Gasteiger charge is -2.45. The molecule has 2 aliphatic rings. The molecule has 0 aliphatic carbocycles. The monoisotopic (exact) mass is 607 g/mol. The second kappa shape index (κ2) is 11.0. The van der Waals surface area contributed by atoms with E-state index in [1.165, 1.54) is 10.6 Å². The summed E-state index contributed by atoms with van der Waals surface area (Å²) in [6, 6.07) is 2.25. The van der Waals surface area contributed by atoms with Crippen LogP contribution in [0.3, 0.4) is 0 Å². The normalized spacial score (nSPS) is 20.9. The van der Waals surface area contributed by atoms with Crippen LogP contribution in [0, 0.1) is 11.6 Å². The maximum Gasteiger partial charge on any atom is 0.417 e. The summed E-state index contributed by atoms with van der Waals surface area (Å²) in [6.07, 6.45) is -3.70. The van der Waals surface area contributed by atoms with Crippen LogP contribution in [0.4, 0.5) is 27.8 Å². The largest absolute Gasteiger partial charge is 0.417 e. The van der Waals surface area contributed by atoms with Gasteiger partial charge in [-0.25, -0.2) is 13.6 Å². The van der Waals surface area contributed by atoms with Gasteiger partial charge >= 0.3 is 11.9 Å². The van der Waals surface area contributed by atoms with E-state index in [1.807, 2.05) is 32.8 Å². The van der Waals surface area contributed by atoms with Gasteiger partial charge in [0.1, 0.15) is 17.5 Å². The molecule has 1 saturated heterocycles. The van der Waals surface area contributed by atoms with Gasteiger partial charge in [-0.3, -0.25) is 9.36 Å². The molecule has 0 bridgehead atoms. The third-order valence-corrected chi connectivity index (χ3v) is 8.90. The molecular weight excluding hydrogens is 577 g/mol. The lowest BCUT2D eigenvalue weighted by Crippen LogP contribution is -2.58. The zero-order chi connectivity index (χ0) is 30.7. The van der Waals surface area contributed by atoms with Crippen molar-refractivity contribution < 1.29 is 26.7 Å². The lowest BCUT2D eigenvalue weighted by atomic mass is 9.95. The van der Waals surface area contributed by atoms with E-state index in [2.05, 4.69) is 11.6 Å². The standard InChI is InChI=1S/C29H30F5N5O2S/c1-6-23(40)38-15(2)11-37(12-16(38)3)27-20-10-21(29(32,33)34)24(19-8-7-17(30)9-22(19)31)26-25(20)39(28(41)35-27)18(14-42-26)13-36(4)5/h6-10,15-16,18H,1,11-14H2,2-5H3. The SMILES string of the molecule is C=CC(=O)N1C(C)CN(c2nc(=O)n3c4c(c(-c5ccc(F)cc5F)c(C(F)(F)F)cc24)SCC3CN(C)C)CC1C. The molecule has 13 heteroatoms. The molecule has 3 atom stereocenters. The second-order valence-electron chi connectivity index (χ2n) is 11.0. The van der Waals surface area contributed by atoms with Crippen molar-refractivity contribution in [2.24, 2.45) is 0 Å². The van der Waals surface area contributed by atoms with Crippen molar-refractivity contribution in [3.8, 4) is 11.1 Å². The summed E-state index contributed by atoms with van der Waals surface area (Å²) in [4.78, 5) is 35.8. The van der Waals surface area contributed by atoms with Crippen molar-refractivity contribution >= 4 is 34.4 Å². The number of rotatable bonds is 5. The Hall–Kier alpha value is -3.45. The van der Waals surface area contributed by atoms with Gasteiger partial charge in [-0.05, 0) is 52.2 Å². The van der Waals surface area contributed by atoms with Crippen LogP contribution < -0.4 is 10.6 Å². The van der Waals surface area contributed by atoms with Crippen LogP contribution in [-0.4, -0.2) is 76.8 Å². The number of carbonyl (C=O) groups is 1. The Morgan fingerprint density at radius 1 is 1.17 bits per heavy atom. The first-order valence-corrected chi connectivity index (χ1v) is 14.3. The summed E-state index contributed by atoms with van der Waals surface area (Å²) >= 11 is 1.11. The molecule has 0 N–H and O–H groups in total. The van der Waals surface area contributed by atoms with E-state index < -0.39 is 46.2 Å². The van der Waals surface area contributed by atoms with Crippen molar-refractivity contribution in [2.75, 3.05) is 44.4 Å². The number of halogens is 5. The number of anilines is 1. The molecule has 2 aliphatic heterocycles. The van der Waals surface area contributed by atoms with Gasteiger partial charge in [-0.15, -0.1) is 11.8 Å². The highest BCUT2D eigenvalue weighted by Gasteiger charge is 2.41. The highest BCUT2D eigenvalue weighted by molar-refractivity contribution is 7.99. The van der Waals surface area contributed by atoms with E-state index in [-0.39, 0.29) is 58.4 Å². The number of thioether (sulfide) groups is 1. The Bertz CT molecular complexity index is 1630. The fourth-order valence-corrected chi connectivity index (χ4v) is 7.43. The highest BCUT2D eigenvalue weighted by Crippen LogP contribution is 2.50. The number of piperazine rings is 1. The Balaban J connectivity index is 1.84. The van der Waals surface area contributed by atoms with Crippen molar-refractivity contribution in [3.05, 3.63) is 64.6 Å². The lowest BCUT2D eigenvalue weighted by molar-refractivity contribution is -0.137. The van der Waals surface area contributed by atoms with Crippen LogP contribution >= 0.6 is 11.8 Å². The fourth-order valence-electron chi connectivity index (χ4n) is 6.11. The van der Waals surface area contributed by atoms with E-state index in [4.69, 9.17) is 0 Å². The minimum absolute atomic E-state index is 0.0691. The zero-order valence-corrected chi connectivity index (χ0v) is 24.3. The molecule has 7 nitrogen and oxygen atoms in total. The molecule has 42 heavy (non-hydrogen) atoms. The molecule has 1 aromatic heterocycles. The van der Waals surface area contributed by atoms with E-state index in [0.717, 1.165) is 30.0 Å². The van der Waals surface area contributed by atoms with Crippen LogP contribution in [0.5, 0.6) is 0 Å². The summed E-state index contributed by atoms with van der Waals surface area (Å²) in [6.45, 7) is 8.02. The number of alkyl halides is 3. The van der Waals surface area contributed by atoms with Crippen LogP contribution in [0.1, 0.15) is 25.5 Å². The van der Waals surface area contributed by atoms with Gasteiger partial charge in [0.25, 0.3) is 0 Å². The number of carbonyl (C=O) groups excluding carboxylic acids is 1. The summed E-state index contributed by atoms with van der Waals surface area (Å²) in [5.41, 5.74) is -2.36. The van der Waals surface area contributed by atoms with Crippen molar-refractivity contribution in [2.45, 2.75) is 43.0 Å². The summed E-state index contributed by atoms with van der Waals surface area (Å²) < 4.78 is 74.5. The zero-order valence-electron chi connectivity index (χ0n) is 23.5. The first-order valence-electron chi connectivity index (χ1n) is 13.4. The minimum atomic E-state index is -4.91. The van der Waals surface area contributed by atoms with E-state index in [9.17, 15) is 27.2 Å². The number of aromatic nitrogens is 2. The van der Waals surface area contributed by atoms with E-state index in [0.29, 0.717) is 12.6 Å². The van der Waals surface area contributed by atoms with Gasteiger partial charge in [0.15, 0.2) is 0 Å². The first kappa shape index (κ1) is 30.0. The van der Waals surface area contributed by atoms with Gasteiger partial charge in [0.2, 0.25) is 5.91 Å². The molecule has 0 saturated carbocycles. The maximum atomic E-state index is 15.1. The topological polar surface area (TPSA) is 61.7 Å². The predicted octanol–water partition coefficient (Wildman–Crippen LogP) is 5.18. The number of nitrogens with zero attached hydrogens (tertiary/aromatic N) is 5. The third-order valence-electron chi connectivity index (χ3n) is 7.66. The molecule has 224 valence electrons. The van der Waals surface area contributed by atoms with Gasteiger partial charge in [0, 0.05) is 64.9 Å². The minimum Gasteiger partial charge on any atom is -0.352 e. The molecule has 0 radical (unpaired) electrons. The Morgan fingerprint density at radius 3 is 2.40 bits per heavy atom. The molecular formula is C29H30F5N5O2S. The number of benzene rings is 2. The van der Waals surface area contributed by atoms with Crippen molar-refractivity contribution in [1.82, 2.24) is 19.4 Å².